The fraction of sp³-hybridized carbons (Fsp3) is 0. The number of hydrogen-bond acceptors (Lipinski definition) is 0. The Morgan fingerprint density at radius 3 is 2.50 bits per heavy atom. The topological polar surface area (TPSA) is 0 Å². The lowest BCUT2D eigenvalue weighted by Crippen LogP contribution is -1.82. The second kappa shape index (κ2) is 4.09. The SMILES string of the molecule is Fc1[c]cc(-c2ccccc2I)cc1. The molecule has 2 aromatic carbocycles. The van der Waals surface area contributed by atoms with Crippen molar-refractivity contribution in [3.05, 3.63) is 57.9 Å². The van der Waals surface area contributed by atoms with Crippen LogP contribution in [0.5, 0.6) is 0 Å². The zero-order valence-electron chi connectivity index (χ0n) is 7.30. The Kier molecular flexibility index (Phi) is 2.82. The molecule has 0 unspecified atom stereocenters. The number of benzene rings is 2. The van der Waals surface area contributed by atoms with Crippen molar-refractivity contribution in [1.29, 1.82) is 0 Å². The van der Waals surface area contributed by atoms with Gasteiger partial charge in [0.25, 0.3) is 0 Å². The number of rotatable bonds is 1. The molecule has 0 nitrogen and oxygen atoms in total. The molecule has 2 aromatic rings. The third kappa shape index (κ3) is 1.95. The summed E-state index contributed by atoms with van der Waals surface area (Å²) in [5, 5.41) is 0. The van der Waals surface area contributed by atoms with Crippen molar-refractivity contribution in [2.24, 2.45) is 0 Å². The van der Waals surface area contributed by atoms with Crippen LogP contribution >= 0.6 is 22.6 Å². The second-order valence-electron chi connectivity index (χ2n) is 2.91. The van der Waals surface area contributed by atoms with Crippen molar-refractivity contribution >= 4 is 22.6 Å². The molecule has 0 aliphatic heterocycles. The molecule has 2 rings (SSSR count). The summed E-state index contributed by atoms with van der Waals surface area (Å²) in [6, 6.07) is 15.4. The Morgan fingerprint density at radius 1 is 1.07 bits per heavy atom. The maximum absolute atomic E-state index is 12.6. The summed E-state index contributed by atoms with van der Waals surface area (Å²) in [6.07, 6.45) is 0. The molecular weight excluding hydrogens is 290 g/mol. The van der Waals surface area contributed by atoms with E-state index in [2.05, 4.69) is 28.7 Å². The second-order valence-corrected chi connectivity index (χ2v) is 4.07. The van der Waals surface area contributed by atoms with Crippen LogP contribution in [0.2, 0.25) is 0 Å². The van der Waals surface area contributed by atoms with Crippen molar-refractivity contribution in [2.75, 3.05) is 0 Å². The summed E-state index contributed by atoms with van der Waals surface area (Å²) in [4.78, 5) is 0. The molecule has 0 spiro atoms. The molecule has 0 N–H and O–H groups in total. The van der Waals surface area contributed by atoms with Crippen molar-refractivity contribution in [1.82, 2.24) is 0 Å². The quantitative estimate of drug-likeness (QED) is 0.700. The number of hydrogen-bond donors (Lipinski definition) is 0. The first-order chi connectivity index (χ1) is 6.77. The van der Waals surface area contributed by atoms with Gasteiger partial charge in [-0.05, 0) is 51.9 Å². The zero-order chi connectivity index (χ0) is 9.97. The van der Waals surface area contributed by atoms with E-state index < -0.39 is 0 Å². The maximum atomic E-state index is 12.6. The van der Waals surface area contributed by atoms with Gasteiger partial charge in [-0.3, -0.25) is 0 Å². The molecule has 1 radical (unpaired) electrons. The summed E-state index contributed by atoms with van der Waals surface area (Å²) in [6.45, 7) is 0. The molecule has 0 heterocycles. The van der Waals surface area contributed by atoms with E-state index in [1.54, 1.807) is 12.1 Å². The Hall–Kier alpha value is -0.900. The van der Waals surface area contributed by atoms with Crippen LogP contribution in [0, 0.1) is 15.5 Å². The first-order valence-corrected chi connectivity index (χ1v) is 5.27. The van der Waals surface area contributed by atoms with E-state index in [9.17, 15) is 4.39 Å². The average Bonchev–Trinajstić information content (AvgIpc) is 2.20. The molecule has 0 aliphatic rings. The summed E-state index contributed by atoms with van der Waals surface area (Å²) >= 11 is 2.26. The predicted molar refractivity (Wildman–Crippen MR) is 63.4 cm³/mol. The Labute approximate surface area is 95.9 Å². The molecule has 0 aliphatic carbocycles. The van der Waals surface area contributed by atoms with E-state index in [-0.39, 0.29) is 5.82 Å². The summed E-state index contributed by atoms with van der Waals surface area (Å²) < 4.78 is 13.8. The van der Waals surface area contributed by atoms with Crippen LogP contribution in [0.1, 0.15) is 0 Å². The van der Waals surface area contributed by atoms with Gasteiger partial charge in [-0.25, -0.2) is 4.39 Å². The summed E-state index contributed by atoms with van der Waals surface area (Å²) in [5.41, 5.74) is 2.11. The monoisotopic (exact) mass is 297 g/mol. The molecule has 0 bridgehead atoms. The zero-order valence-corrected chi connectivity index (χ0v) is 9.45. The smallest absolute Gasteiger partial charge is 0.131 e. The minimum absolute atomic E-state index is 0.320. The first-order valence-electron chi connectivity index (χ1n) is 4.19. The van der Waals surface area contributed by atoms with E-state index >= 15 is 0 Å². The van der Waals surface area contributed by atoms with Crippen LogP contribution in [0.3, 0.4) is 0 Å². The lowest BCUT2D eigenvalue weighted by atomic mass is 10.1. The highest BCUT2D eigenvalue weighted by Gasteiger charge is 2.01. The maximum Gasteiger partial charge on any atom is 0.131 e. The Bertz CT molecular complexity index is 434. The van der Waals surface area contributed by atoms with Crippen molar-refractivity contribution in [3.8, 4) is 11.1 Å². The van der Waals surface area contributed by atoms with Crippen molar-refractivity contribution < 1.29 is 4.39 Å². The van der Waals surface area contributed by atoms with E-state index in [0.29, 0.717) is 0 Å². The molecule has 69 valence electrons. The fourth-order valence-electron chi connectivity index (χ4n) is 1.27. The van der Waals surface area contributed by atoms with Gasteiger partial charge in [0.05, 0.1) is 0 Å². The molecule has 0 fully saturated rings. The van der Waals surface area contributed by atoms with Gasteiger partial charge in [0.15, 0.2) is 0 Å². The predicted octanol–water partition coefficient (Wildman–Crippen LogP) is 3.90. The van der Waals surface area contributed by atoms with Crippen LogP contribution in [0.4, 0.5) is 4.39 Å². The van der Waals surface area contributed by atoms with Gasteiger partial charge >= 0.3 is 0 Å². The van der Waals surface area contributed by atoms with Gasteiger partial charge in [-0.15, -0.1) is 0 Å². The van der Waals surface area contributed by atoms with Crippen molar-refractivity contribution in [2.45, 2.75) is 0 Å². The molecule has 0 amide bonds. The highest BCUT2D eigenvalue weighted by Crippen LogP contribution is 2.24. The summed E-state index contributed by atoms with van der Waals surface area (Å²) in [5.74, 6) is -0.320. The lowest BCUT2D eigenvalue weighted by molar-refractivity contribution is 0.626. The number of halogens is 2. The van der Waals surface area contributed by atoms with Crippen LogP contribution in [0.15, 0.2) is 42.5 Å². The summed E-state index contributed by atoms with van der Waals surface area (Å²) in [7, 11) is 0. The Morgan fingerprint density at radius 2 is 1.86 bits per heavy atom. The molecule has 2 heteroatoms. The van der Waals surface area contributed by atoms with Gasteiger partial charge in [-0.2, -0.15) is 0 Å². The largest absolute Gasteiger partial charge is 0.206 e. The molecule has 0 saturated carbocycles. The molecule has 0 aromatic heterocycles. The first kappa shape index (κ1) is 9.65. The van der Waals surface area contributed by atoms with Crippen LogP contribution in [0.25, 0.3) is 11.1 Å². The van der Waals surface area contributed by atoms with Gasteiger partial charge < -0.3 is 0 Å². The highest BCUT2D eigenvalue weighted by atomic mass is 127. The minimum atomic E-state index is -0.320. The van der Waals surface area contributed by atoms with Crippen LogP contribution in [-0.2, 0) is 0 Å². The molecule has 0 saturated heterocycles. The van der Waals surface area contributed by atoms with Gasteiger partial charge in [0.2, 0.25) is 0 Å². The van der Waals surface area contributed by atoms with E-state index in [0.717, 1.165) is 14.7 Å². The average molecular weight is 297 g/mol. The molecule has 0 atom stereocenters. The minimum Gasteiger partial charge on any atom is -0.206 e. The van der Waals surface area contributed by atoms with E-state index in [1.807, 2.05) is 24.3 Å². The van der Waals surface area contributed by atoms with Gasteiger partial charge in [-0.1, -0.05) is 24.3 Å². The van der Waals surface area contributed by atoms with Gasteiger partial charge in [0.1, 0.15) is 5.82 Å². The lowest BCUT2D eigenvalue weighted by Gasteiger charge is -2.03. The Balaban J connectivity index is 2.50. The third-order valence-electron chi connectivity index (χ3n) is 1.96. The van der Waals surface area contributed by atoms with Crippen LogP contribution in [-0.4, -0.2) is 0 Å². The molecule has 14 heavy (non-hydrogen) atoms. The molecular formula is C12H7FI. The third-order valence-corrected chi connectivity index (χ3v) is 2.90. The van der Waals surface area contributed by atoms with Crippen molar-refractivity contribution in [3.63, 3.8) is 0 Å². The highest BCUT2D eigenvalue weighted by molar-refractivity contribution is 14.1. The normalized spacial score (nSPS) is 10.1. The van der Waals surface area contributed by atoms with Gasteiger partial charge in [0, 0.05) is 9.64 Å². The fourth-order valence-corrected chi connectivity index (χ4v) is 1.97. The standard InChI is InChI=1S/C12H7FI/c13-10-7-5-9(6-8-10)11-3-1-2-4-12(11)14/h1-7H. The van der Waals surface area contributed by atoms with Crippen LogP contribution < -0.4 is 0 Å². The van der Waals surface area contributed by atoms with E-state index in [1.165, 1.54) is 6.07 Å². The van der Waals surface area contributed by atoms with E-state index in [4.69, 9.17) is 0 Å².